The van der Waals surface area contributed by atoms with Crippen LogP contribution < -0.4 is 11.1 Å². The largest absolute Gasteiger partial charge is 0.416 e. The van der Waals surface area contributed by atoms with Crippen LogP contribution >= 0.6 is 0 Å². The van der Waals surface area contributed by atoms with E-state index in [4.69, 9.17) is 0 Å². The number of nitrogens with one attached hydrogen (secondary N) is 2. The summed E-state index contributed by atoms with van der Waals surface area (Å²) in [5.41, 5.74) is -0.313. The lowest BCUT2D eigenvalue weighted by atomic mass is 9.93. The molecule has 4 aromatic carbocycles. The molecule has 8 aromatic rings. The summed E-state index contributed by atoms with van der Waals surface area (Å²) in [4.78, 5) is 33.8. The fourth-order valence-corrected chi connectivity index (χ4v) is 5.87. The minimum Gasteiger partial charge on any atom is -0.339 e. The summed E-state index contributed by atoms with van der Waals surface area (Å²) in [6.07, 6.45) is -4.62. The van der Waals surface area contributed by atoms with Crippen molar-refractivity contribution in [1.82, 2.24) is 18.8 Å². The summed E-state index contributed by atoms with van der Waals surface area (Å²) in [5.74, 6) is -0.527. The second-order valence-electron chi connectivity index (χ2n) is 9.49. The van der Waals surface area contributed by atoms with E-state index in [9.17, 15) is 32.4 Å². The third-order valence-corrected chi connectivity index (χ3v) is 7.48. The standard InChI is InChI=1S/C28H11F4N5O2/c29-13-2-6-18-20(9-13)36-24(34-18)14-3-4-15-23-21(11(10-33)7-16(22(14)23)27(36)39)25-35-17-5-1-12(28(30,31)32)8-19(17)37(25)26(15)38/h1-9,34-35H. The van der Waals surface area contributed by atoms with E-state index in [2.05, 4.69) is 16.0 Å². The first-order chi connectivity index (χ1) is 18.7. The van der Waals surface area contributed by atoms with Gasteiger partial charge >= 0.3 is 6.18 Å². The molecule has 0 aliphatic heterocycles. The Labute approximate surface area is 212 Å². The molecule has 8 rings (SSSR count). The summed E-state index contributed by atoms with van der Waals surface area (Å²) >= 11 is 0. The summed E-state index contributed by atoms with van der Waals surface area (Å²) in [5, 5.41) is 12.0. The van der Waals surface area contributed by atoms with Gasteiger partial charge in [-0.25, -0.2) is 4.39 Å². The normalized spacial score (nSPS) is 12.8. The molecule has 0 atom stereocenters. The van der Waals surface area contributed by atoms with Crippen LogP contribution in [0.25, 0.3) is 65.7 Å². The molecular formula is C28H11F4N5O2. The number of pyridine rings is 2. The zero-order valence-electron chi connectivity index (χ0n) is 19.4. The first kappa shape index (κ1) is 21.7. The van der Waals surface area contributed by atoms with Crippen molar-refractivity contribution >= 4 is 65.7 Å². The number of hydrogen-bond acceptors (Lipinski definition) is 3. The Morgan fingerprint density at radius 2 is 1.36 bits per heavy atom. The highest BCUT2D eigenvalue weighted by molar-refractivity contribution is 6.29. The highest BCUT2D eigenvalue weighted by atomic mass is 19.4. The molecule has 0 fully saturated rings. The van der Waals surface area contributed by atoms with Crippen LogP contribution in [0, 0.1) is 17.1 Å². The Morgan fingerprint density at radius 1 is 0.718 bits per heavy atom. The van der Waals surface area contributed by atoms with Crippen LogP contribution in [0.2, 0.25) is 0 Å². The van der Waals surface area contributed by atoms with E-state index in [0.717, 1.165) is 16.5 Å². The van der Waals surface area contributed by atoms with Crippen molar-refractivity contribution in [2.75, 3.05) is 0 Å². The Balaban J connectivity index is 1.67. The molecule has 4 aromatic heterocycles. The number of fused-ring (bicyclic) bond motifs is 8. The Morgan fingerprint density at radius 3 is 2.10 bits per heavy atom. The van der Waals surface area contributed by atoms with Gasteiger partial charge in [0.1, 0.15) is 17.1 Å². The molecule has 0 aliphatic rings. The number of nitriles is 1. The minimum absolute atomic E-state index is 0.0133. The van der Waals surface area contributed by atoms with Gasteiger partial charge in [-0.3, -0.25) is 18.4 Å². The van der Waals surface area contributed by atoms with Crippen molar-refractivity contribution in [2.45, 2.75) is 6.18 Å². The number of aromatic amines is 2. The van der Waals surface area contributed by atoms with Gasteiger partial charge in [-0.1, -0.05) is 0 Å². The lowest BCUT2D eigenvalue weighted by Crippen LogP contribution is -2.17. The number of hydrogen-bond donors (Lipinski definition) is 2. The van der Waals surface area contributed by atoms with E-state index >= 15 is 0 Å². The van der Waals surface area contributed by atoms with Gasteiger partial charge in [-0.05, 0) is 48.5 Å². The third kappa shape index (κ3) is 2.55. The maximum Gasteiger partial charge on any atom is 0.416 e. The second-order valence-corrected chi connectivity index (χ2v) is 9.49. The molecule has 0 aliphatic carbocycles. The van der Waals surface area contributed by atoms with Crippen LogP contribution in [0.1, 0.15) is 11.1 Å². The van der Waals surface area contributed by atoms with E-state index in [0.29, 0.717) is 38.2 Å². The third-order valence-electron chi connectivity index (χ3n) is 7.48. The fourth-order valence-electron chi connectivity index (χ4n) is 5.87. The molecule has 0 amide bonds. The number of rotatable bonds is 0. The molecule has 0 radical (unpaired) electrons. The predicted molar refractivity (Wildman–Crippen MR) is 138 cm³/mol. The molecule has 11 heteroatoms. The Kier molecular flexibility index (Phi) is 3.74. The van der Waals surface area contributed by atoms with Gasteiger partial charge in [0.25, 0.3) is 11.1 Å². The zero-order valence-corrected chi connectivity index (χ0v) is 19.4. The SMILES string of the molecule is N#Cc1cc2c(=O)n3c4cc(F)ccc4[nH]c3c3ccc4c(=O)n5c6cc(C(F)(F)F)ccc6[nH]c5c1c4c23. The number of imidazole rings is 2. The molecule has 0 spiro atoms. The smallest absolute Gasteiger partial charge is 0.339 e. The van der Waals surface area contributed by atoms with Crippen molar-refractivity contribution in [1.29, 1.82) is 5.26 Å². The van der Waals surface area contributed by atoms with Gasteiger partial charge in [0.05, 0.1) is 44.6 Å². The van der Waals surface area contributed by atoms with Gasteiger partial charge in [-0.15, -0.1) is 0 Å². The highest BCUT2D eigenvalue weighted by Gasteiger charge is 2.31. The highest BCUT2D eigenvalue weighted by Crippen LogP contribution is 2.39. The van der Waals surface area contributed by atoms with Gasteiger partial charge in [-0.2, -0.15) is 18.4 Å². The van der Waals surface area contributed by atoms with E-state index < -0.39 is 28.7 Å². The molecule has 39 heavy (non-hydrogen) atoms. The quantitative estimate of drug-likeness (QED) is 0.193. The summed E-state index contributed by atoms with van der Waals surface area (Å²) in [6.45, 7) is 0. The topological polar surface area (TPSA) is 98.3 Å². The summed E-state index contributed by atoms with van der Waals surface area (Å²) in [7, 11) is 0. The van der Waals surface area contributed by atoms with E-state index in [-0.39, 0.29) is 33.0 Å². The lowest BCUT2D eigenvalue weighted by molar-refractivity contribution is -0.137. The maximum absolute atomic E-state index is 14.1. The average molecular weight is 525 g/mol. The number of benzene rings is 4. The van der Waals surface area contributed by atoms with Crippen LogP contribution in [-0.2, 0) is 6.18 Å². The van der Waals surface area contributed by atoms with E-state index in [1.165, 1.54) is 40.8 Å². The molecule has 0 saturated heterocycles. The summed E-state index contributed by atoms with van der Waals surface area (Å²) < 4.78 is 57.0. The first-order valence-corrected chi connectivity index (χ1v) is 11.7. The zero-order chi connectivity index (χ0) is 27.0. The van der Waals surface area contributed by atoms with E-state index in [1.807, 2.05) is 0 Å². The van der Waals surface area contributed by atoms with Crippen LogP contribution in [0.15, 0.2) is 64.2 Å². The lowest BCUT2D eigenvalue weighted by Gasteiger charge is -2.13. The average Bonchev–Trinajstić information content (AvgIpc) is 3.48. The van der Waals surface area contributed by atoms with Gasteiger partial charge in [0, 0.05) is 33.0 Å². The number of aromatic nitrogens is 4. The molecular weight excluding hydrogens is 514 g/mol. The molecule has 7 nitrogen and oxygen atoms in total. The minimum atomic E-state index is -4.62. The van der Waals surface area contributed by atoms with Crippen molar-refractivity contribution in [3.05, 3.63) is 92.2 Å². The van der Waals surface area contributed by atoms with Crippen molar-refractivity contribution in [2.24, 2.45) is 0 Å². The first-order valence-electron chi connectivity index (χ1n) is 11.7. The van der Waals surface area contributed by atoms with Crippen LogP contribution in [0.5, 0.6) is 0 Å². The number of nitrogens with zero attached hydrogens (tertiary/aromatic N) is 3. The number of halogens is 4. The van der Waals surface area contributed by atoms with E-state index in [1.54, 1.807) is 6.07 Å². The van der Waals surface area contributed by atoms with Gasteiger partial charge < -0.3 is 9.97 Å². The van der Waals surface area contributed by atoms with Crippen molar-refractivity contribution in [3.63, 3.8) is 0 Å². The van der Waals surface area contributed by atoms with Gasteiger partial charge in [0.15, 0.2) is 0 Å². The van der Waals surface area contributed by atoms with Crippen molar-refractivity contribution < 1.29 is 17.6 Å². The molecule has 188 valence electrons. The molecule has 2 N–H and O–H groups in total. The molecule has 0 unspecified atom stereocenters. The monoisotopic (exact) mass is 525 g/mol. The Bertz CT molecular complexity index is 2560. The Hall–Kier alpha value is -5.37. The molecule has 4 heterocycles. The molecule has 0 bridgehead atoms. The summed E-state index contributed by atoms with van der Waals surface area (Å²) in [6, 6.07) is 13.7. The number of alkyl halides is 3. The van der Waals surface area contributed by atoms with Crippen LogP contribution in [0.4, 0.5) is 17.6 Å². The van der Waals surface area contributed by atoms with Crippen molar-refractivity contribution in [3.8, 4) is 6.07 Å². The second kappa shape index (κ2) is 6.73. The maximum atomic E-state index is 14.1. The number of H-pyrrole nitrogens is 2. The molecule has 0 saturated carbocycles. The van der Waals surface area contributed by atoms with Crippen LogP contribution in [-0.4, -0.2) is 18.8 Å². The predicted octanol–water partition coefficient (Wildman–Crippen LogP) is 5.80. The fraction of sp³-hybridized carbons (Fsp3) is 0.0357. The van der Waals surface area contributed by atoms with Crippen LogP contribution in [0.3, 0.4) is 0 Å². The van der Waals surface area contributed by atoms with Gasteiger partial charge in [0.2, 0.25) is 0 Å².